The van der Waals surface area contributed by atoms with Gasteiger partial charge >= 0.3 is 0 Å². The highest BCUT2D eigenvalue weighted by Crippen LogP contribution is 2.45. The van der Waals surface area contributed by atoms with Gasteiger partial charge in [0.25, 0.3) is 5.91 Å². The zero-order valence-corrected chi connectivity index (χ0v) is 20.2. The molecule has 9 heteroatoms. The lowest BCUT2D eigenvalue weighted by atomic mass is 9.98. The van der Waals surface area contributed by atoms with E-state index in [0.29, 0.717) is 39.5 Å². The standard InChI is InChI=1S/C27H20N2O6S/c1-3-34-15-9-10-17-21(13-15)36-27(28-17)29-23(14-8-11-18(30)20(12-14)33-2)22-24(31)16-6-4-5-7-19(16)35-25(22)26(29)32/h4-13,23,30H,3H2,1-2H3/t23-/m1/s1. The van der Waals surface area contributed by atoms with Gasteiger partial charge in [0, 0.05) is 0 Å². The van der Waals surface area contributed by atoms with E-state index in [4.69, 9.17) is 18.9 Å². The Balaban J connectivity index is 1.60. The molecule has 1 N–H and O–H groups in total. The molecule has 0 saturated heterocycles. The number of nitrogens with zero attached hydrogens (tertiary/aromatic N) is 2. The summed E-state index contributed by atoms with van der Waals surface area (Å²) in [5, 5.41) is 11.0. The minimum atomic E-state index is -0.824. The topological polar surface area (TPSA) is 102 Å². The molecule has 180 valence electrons. The highest BCUT2D eigenvalue weighted by Gasteiger charge is 2.45. The monoisotopic (exact) mass is 500 g/mol. The molecule has 36 heavy (non-hydrogen) atoms. The summed E-state index contributed by atoms with van der Waals surface area (Å²) in [7, 11) is 1.44. The van der Waals surface area contributed by atoms with Gasteiger partial charge in [-0.3, -0.25) is 14.5 Å². The van der Waals surface area contributed by atoms with E-state index in [9.17, 15) is 14.7 Å². The number of methoxy groups -OCH3 is 1. The van der Waals surface area contributed by atoms with Crippen LogP contribution in [0.3, 0.4) is 0 Å². The SMILES string of the molecule is CCOc1ccc2nc(N3C(=O)c4oc5ccccc5c(=O)c4[C@H]3c3ccc(O)c(OC)c3)sc2c1. The van der Waals surface area contributed by atoms with Crippen molar-refractivity contribution in [2.45, 2.75) is 13.0 Å². The summed E-state index contributed by atoms with van der Waals surface area (Å²) < 4.78 is 17.7. The predicted octanol–water partition coefficient (Wildman–Crippen LogP) is 5.27. The summed E-state index contributed by atoms with van der Waals surface area (Å²) in [4.78, 5) is 33.7. The molecule has 1 aliphatic rings. The lowest BCUT2D eigenvalue weighted by molar-refractivity contribution is 0.0971. The number of aromatic nitrogens is 1. The van der Waals surface area contributed by atoms with Crippen LogP contribution in [0.5, 0.6) is 17.2 Å². The molecule has 0 fully saturated rings. The van der Waals surface area contributed by atoms with Gasteiger partial charge in [-0.15, -0.1) is 0 Å². The van der Waals surface area contributed by atoms with Crippen molar-refractivity contribution in [3.05, 3.63) is 87.8 Å². The fourth-order valence-corrected chi connectivity index (χ4v) is 5.57. The van der Waals surface area contributed by atoms with Crippen molar-refractivity contribution in [2.24, 2.45) is 0 Å². The maximum Gasteiger partial charge on any atom is 0.297 e. The second-order valence-electron chi connectivity index (χ2n) is 8.24. The molecular weight excluding hydrogens is 480 g/mol. The van der Waals surface area contributed by atoms with Crippen LogP contribution in [0.25, 0.3) is 21.2 Å². The van der Waals surface area contributed by atoms with Crippen LogP contribution in [-0.2, 0) is 0 Å². The van der Waals surface area contributed by atoms with Crippen LogP contribution in [0.1, 0.15) is 34.6 Å². The fraction of sp³-hybridized carbons (Fsp3) is 0.148. The number of benzene rings is 3. The molecule has 0 unspecified atom stereocenters. The Labute approximate surface area is 208 Å². The van der Waals surface area contributed by atoms with Crippen molar-refractivity contribution in [3.8, 4) is 17.2 Å². The van der Waals surface area contributed by atoms with Crippen molar-refractivity contribution < 1.29 is 23.8 Å². The highest BCUT2D eigenvalue weighted by molar-refractivity contribution is 7.22. The van der Waals surface area contributed by atoms with Crippen LogP contribution in [0.2, 0.25) is 0 Å². The minimum Gasteiger partial charge on any atom is -0.504 e. The molecular formula is C27H20N2O6S. The number of phenols is 1. The van der Waals surface area contributed by atoms with Gasteiger partial charge in [0.05, 0.1) is 40.9 Å². The van der Waals surface area contributed by atoms with Gasteiger partial charge in [-0.1, -0.05) is 29.5 Å². The third-order valence-electron chi connectivity index (χ3n) is 6.16. The number of hydrogen-bond donors (Lipinski definition) is 1. The lowest BCUT2D eigenvalue weighted by Gasteiger charge is -2.23. The number of carbonyl (C=O) groups excluding carboxylic acids is 1. The molecule has 0 radical (unpaired) electrons. The van der Waals surface area contributed by atoms with Gasteiger partial charge in [0.15, 0.2) is 22.1 Å². The number of thiazole rings is 1. The van der Waals surface area contributed by atoms with E-state index >= 15 is 0 Å². The highest BCUT2D eigenvalue weighted by atomic mass is 32.1. The second-order valence-corrected chi connectivity index (χ2v) is 9.25. The Morgan fingerprint density at radius 1 is 1.11 bits per heavy atom. The maximum atomic E-state index is 13.8. The molecule has 8 nitrogen and oxygen atoms in total. The molecule has 0 spiro atoms. The Bertz CT molecular complexity index is 1720. The largest absolute Gasteiger partial charge is 0.504 e. The Morgan fingerprint density at radius 2 is 1.94 bits per heavy atom. The average molecular weight is 501 g/mol. The first-order valence-electron chi connectivity index (χ1n) is 11.3. The van der Waals surface area contributed by atoms with E-state index in [0.717, 1.165) is 4.70 Å². The zero-order chi connectivity index (χ0) is 25.0. The van der Waals surface area contributed by atoms with E-state index in [1.807, 2.05) is 25.1 Å². The summed E-state index contributed by atoms with van der Waals surface area (Å²) in [6.45, 7) is 2.44. The van der Waals surface area contributed by atoms with Crippen molar-refractivity contribution in [3.63, 3.8) is 0 Å². The second kappa shape index (κ2) is 8.39. The third-order valence-corrected chi connectivity index (χ3v) is 7.18. The summed E-state index contributed by atoms with van der Waals surface area (Å²) >= 11 is 1.32. The van der Waals surface area contributed by atoms with Crippen molar-refractivity contribution in [1.29, 1.82) is 0 Å². The number of ether oxygens (including phenoxy) is 2. The molecule has 0 bridgehead atoms. The van der Waals surface area contributed by atoms with Crippen LogP contribution < -0.4 is 19.8 Å². The molecule has 3 aromatic carbocycles. The van der Waals surface area contributed by atoms with Gasteiger partial charge in [-0.2, -0.15) is 0 Å². The Hall–Kier alpha value is -4.37. The zero-order valence-electron chi connectivity index (χ0n) is 19.3. The number of carbonyl (C=O) groups is 1. The number of aromatic hydroxyl groups is 1. The molecule has 1 atom stereocenters. The molecule has 1 aliphatic heterocycles. The molecule has 3 heterocycles. The predicted molar refractivity (Wildman–Crippen MR) is 137 cm³/mol. The van der Waals surface area contributed by atoms with Crippen molar-refractivity contribution >= 4 is 43.6 Å². The van der Waals surface area contributed by atoms with Crippen molar-refractivity contribution in [2.75, 3.05) is 18.6 Å². The molecule has 6 rings (SSSR count). The van der Waals surface area contributed by atoms with Gasteiger partial charge < -0.3 is 19.0 Å². The molecule has 2 aromatic heterocycles. The molecule has 5 aromatic rings. The minimum absolute atomic E-state index is 0.0231. The van der Waals surface area contributed by atoms with Crippen LogP contribution in [0.15, 0.2) is 69.9 Å². The maximum absolute atomic E-state index is 13.8. The number of fused-ring (bicyclic) bond motifs is 3. The first kappa shape index (κ1) is 22.1. The quantitative estimate of drug-likeness (QED) is 0.351. The number of rotatable bonds is 5. The van der Waals surface area contributed by atoms with Gasteiger partial charge in [0.1, 0.15) is 11.3 Å². The molecule has 0 aliphatic carbocycles. The lowest BCUT2D eigenvalue weighted by Crippen LogP contribution is -2.29. The summed E-state index contributed by atoms with van der Waals surface area (Å²) in [6.07, 6.45) is 0. The number of phenolic OH excluding ortho intramolecular Hbond substituents is 1. The van der Waals surface area contributed by atoms with E-state index in [2.05, 4.69) is 0 Å². The van der Waals surface area contributed by atoms with Crippen LogP contribution in [0.4, 0.5) is 5.13 Å². The first-order chi connectivity index (χ1) is 17.5. The summed E-state index contributed by atoms with van der Waals surface area (Å²) in [6, 6.07) is 16.3. The molecule has 1 amide bonds. The van der Waals surface area contributed by atoms with E-state index in [1.165, 1.54) is 29.4 Å². The van der Waals surface area contributed by atoms with Crippen LogP contribution in [-0.4, -0.2) is 29.7 Å². The Kier molecular flexibility index (Phi) is 5.15. The van der Waals surface area contributed by atoms with E-state index in [-0.39, 0.29) is 28.3 Å². The number of hydrogen-bond acceptors (Lipinski definition) is 8. The summed E-state index contributed by atoms with van der Waals surface area (Å²) in [5.74, 6) is 0.397. The first-order valence-corrected chi connectivity index (χ1v) is 12.1. The number of amides is 1. The number of anilines is 1. The van der Waals surface area contributed by atoms with E-state index < -0.39 is 11.9 Å². The van der Waals surface area contributed by atoms with Gasteiger partial charge in [0.2, 0.25) is 5.76 Å². The normalized spacial score (nSPS) is 15.0. The number of para-hydroxylation sites is 1. The van der Waals surface area contributed by atoms with Gasteiger partial charge in [-0.05, 0) is 55.0 Å². The smallest absolute Gasteiger partial charge is 0.297 e. The average Bonchev–Trinajstić information content (AvgIpc) is 3.43. The molecule has 0 saturated carbocycles. The Morgan fingerprint density at radius 3 is 2.75 bits per heavy atom. The fourth-order valence-electron chi connectivity index (χ4n) is 4.55. The summed E-state index contributed by atoms with van der Waals surface area (Å²) in [5.41, 5.74) is 1.55. The van der Waals surface area contributed by atoms with Crippen molar-refractivity contribution in [1.82, 2.24) is 4.98 Å². The van der Waals surface area contributed by atoms with Crippen LogP contribution >= 0.6 is 11.3 Å². The van der Waals surface area contributed by atoms with Gasteiger partial charge in [-0.25, -0.2) is 4.98 Å². The third kappa shape index (κ3) is 3.31. The van der Waals surface area contributed by atoms with E-state index in [1.54, 1.807) is 36.4 Å². The van der Waals surface area contributed by atoms with Crippen LogP contribution in [0, 0.1) is 0 Å².